The van der Waals surface area contributed by atoms with Crippen LogP contribution in [0.4, 0.5) is 22.4 Å². The number of carbonyl (C=O) groups is 1. The molecular formula is C5H6F4O2. The molecule has 0 amide bonds. The van der Waals surface area contributed by atoms with Crippen LogP contribution in [-0.2, 0) is 4.74 Å². The molecule has 0 aromatic carbocycles. The molecule has 0 saturated carbocycles. The molecule has 1 unspecified atom stereocenters. The maximum Gasteiger partial charge on any atom is 0.498 e. The highest BCUT2D eigenvalue weighted by Gasteiger charge is 2.50. The second kappa shape index (κ2) is 2.67. The van der Waals surface area contributed by atoms with Gasteiger partial charge in [-0.3, -0.25) is 0 Å². The number of carbonyl (C=O) groups excluding carboxylic acids is 1. The Morgan fingerprint density at radius 2 is 1.64 bits per heavy atom. The molecule has 0 aliphatic carbocycles. The number of ether oxygens (including phenoxy) is 1. The SMILES string of the molecule is CC(F)(F)C(C)(F)OC(=O)F. The molecule has 0 fully saturated rings. The first kappa shape index (κ1) is 10.2. The van der Waals surface area contributed by atoms with Crippen LogP contribution in [0.1, 0.15) is 13.8 Å². The minimum Gasteiger partial charge on any atom is -0.397 e. The molecule has 0 aliphatic heterocycles. The Balaban J connectivity index is 4.34. The van der Waals surface area contributed by atoms with E-state index in [4.69, 9.17) is 0 Å². The standard InChI is InChI=1S/C5H6F4O2/c1-4(7,8)5(2,9)11-3(6)10/h1-2H3. The molecule has 0 bridgehead atoms. The molecule has 0 radical (unpaired) electrons. The van der Waals surface area contributed by atoms with Crippen molar-refractivity contribution in [2.75, 3.05) is 0 Å². The van der Waals surface area contributed by atoms with Crippen LogP contribution in [0.15, 0.2) is 0 Å². The average Bonchev–Trinajstić information content (AvgIpc) is 1.56. The van der Waals surface area contributed by atoms with Crippen LogP contribution < -0.4 is 0 Å². The predicted octanol–water partition coefficient (Wildman–Crippen LogP) is 2.43. The third-order valence-electron chi connectivity index (χ3n) is 1.06. The molecule has 6 heteroatoms. The third-order valence-corrected chi connectivity index (χ3v) is 1.06. The van der Waals surface area contributed by atoms with Crippen LogP contribution in [0.5, 0.6) is 0 Å². The van der Waals surface area contributed by atoms with Gasteiger partial charge in [-0.25, -0.2) is 4.79 Å². The van der Waals surface area contributed by atoms with Gasteiger partial charge in [0, 0.05) is 13.8 Å². The summed E-state index contributed by atoms with van der Waals surface area (Å²) in [6, 6.07) is 0. The number of halogens is 4. The molecule has 0 heterocycles. The second-order valence-corrected chi connectivity index (χ2v) is 2.14. The van der Waals surface area contributed by atoms with E-state index in [2.05, 4.69) is 4.74 Å². The Bertz CT molecular complexity index is 160. The van der Waals surface area contributed by atoms with Gasteiger partial charge >= 0.3 is 18.0 Å². The minimum atomic E-state index is -3.92. The summed E-state index contributed by atoms with van der Waals surface area (Å²) in [5.41, 5.74) is 0. The van der Waals surface area contributed by atoms with Gasteiger partial charge in [-0.15, -0.1) is 4.39 Å². The number of hydrogen-bond acceptors (Lipinski definition) is 2. The average molecular weight is 174 g/mol. The molecule has 0 aliphatic rings. The molecule has 1 atom stereocenters. The first-order chi connectivity index (χ1) is 4.67. The molecule has 0 saturated heterocycles. The zero-order valence-electron chi connectivity index (χ0n) is 5.83. The molecule has 0 N–H and O–H groups in total. The monoisotopic (exact) mass is 174 g/mol. The quantitative estimate of drug-likeness (QED) is 0.474. The molecule has 11 heavy (non-hydrogen) atoms. The fourth-order valence-electron chi connectivity index (χ4n) is 0.240. The van der Waals surface area contributed by atoms with Gasteiger partial charge in [-0.2, -0.15) is 13.2 Å². The van der Waals surface area contributed by atoms with Crippen molar-refractivity contribution in [1.29, 1.82) is 0 Å². The van der Waals surface area contributed by atoms with E-state index in [1.54, 1.807) is 0 Å². The summed E-state index contributed by atoms with van der Waals surface area (Å²) < 4.78 is 50.9. The van der Waals surface area contributed by atoms with Gasteiger partial charge in [0.25, 0.3) is 0 Å². The lowest BCUT2D eigenvalue weighted by atomic mass is 10.2. The van der Waals surface area contributed by atoms with Crippen molar-refractivity contribution in [2.24, 2.45) is 0 Å². The van der Waals surface area contributed by atoms with Crippen molar-refractivity contribution in [3.8, 4) is 0 Å². The fraction of sp³-hybridized carbons (Fsp3) is 0.800. The van der Waals surface area contributed by atoms with E-state index in [0.29, 0.717) is 0 Å². The molecule has 0 aromatic rings. The second-order valence-electron chi connectivity index (χ2n) is 2.14. The maximum absolute atomic E-state index is 12.4. The van der Waals surface area contributed by atoms with E-state index >= 15 is 0 Å². The third kappa shape index (κ3) is 2.73. The fourth-order valence-corrected chi connectivity index (χ4v) is 0.240. The summed E-state index contributed by atoms with van der Waals surface area (Å²) in [5.74, 6) is -7.52. The first-order valence-electron chi connectivity index (χ1n) is 2.62. The summed E-state index contributed by atoms with van der Waals surface area (Å²) in [4.78, 5) is 9.44. The number of hydrogen-bond donors (Lipinski definition) is 0. The lowest BCUT2D eigenvalue weighted by Crippen LogP contribution is -2.42. The number of rotatable bonds is 2. The lowest BCUT2D eigenvalue weighted by molar-refractivity contribution is -0.233. The Hall–Kier alpha value is -0.810. The summed E-state index contributed by atoms with van der Waals surface area (Å²) >= 11 is 0. The topological polar surface area (TPSA) is 26.3 Å². The van der Waals surface area contributed by atoms with Crippen molar-refractivity contribution in [3.63, 3.8) is 0 Å². The first-order valence-corrected chi connectivity index (χ1v) is 2.62. The maximum atomic E-state index is 12.4. The number of alkyl halides is 3. The summed E-state index contributed by atoms with van der Waals surface area (Å²) in [6.45, 7) is 0.445. The molecule has 0 spiro atoms. The van der Waals surface area contributed by atoms with E-state index in [-0.39, 0.29) is 13.8 Å². The summed E-state index contributed by atoms with van der Waals surface area (Å²) in [7, 11) is 0. The van der Waals surface area contributed by atoms with E-state index in [9.17, 15) is 22.4 Å². The van der Waals surface area contributed by atoms with Gasteiger partial charge < -0.3 is 4.74 Å². The van der Waals surface area contributed by atoms with E-state index < -0.39 is 18.0 Å². The van der Waals surface area contributed by atoms with Gasteiger partial charge in [0.2, 0.25) is 0 Å². The molecule has 2 nitrogen and oxygen atoms in total. The van der Waals surface area contributed by atoms with Crippen LogP contribution in [0, 0.1) is 0 Å². The van der Waals surface area contributed by atoms with Crippen molar-refractivity contribution < 1.29 is 27.1 Å². The van der Waals surface area contributed by atoms with Crippen LogP contribution >= 0.6 is 0 Å². The van der Waals surface area contributed by atoms with E-state index in [1.165, 1.54) is 0 Å². The Morgan fingerprint density at radius 3 is 1.73 bits per heavy atom. The van der Waals surface area contributed by atoms with Crippen LogP contribution in [-0.4, -0.2) is 18.0 Å². The Labute approximate surface area is 60.1 Å². The Kier molecular flexibility index (Phi) is 2.47. The zero-order valence-corrected chi connectivity index (χ0v) is 5.83. The highest BCUT2D eigenvalue weighted by molar-refractivity contribution is 5.58. The predicted molar refractivity (Wildman–Crippen MR) is 27.7 cm³/mol. The Morgan fingerprint density at radius 1 is 1.27 bits per heavy atom. The highest BCUT2D eigenvalue weighted by Crippen LogP contribution is 2.32. The minimum absolute atomic E-state index is 0.177. The highest BCUT2D eigenvalue weighted by atomic mass is 19.3. The molecule has 66 valence electrons. The normalized spacial score (nSPS) is 17.3. The lowest BCUT2D eigenvalue weighted by Gasteiger charge is -2.24. The zero-order chi connectivity index (χ0) is 9.28. The van der Waals surface area contributed by atoms with Gasteiger partial charge in [0.1, 0.15) is 0 Å². The summed E-state index contributed by atoms with van der Waals surface area (Å²) in [5, 5.41) is 0. The largest absolute Gasteiger partial charge is 0.498 e. The van der Waals surface area contributed by atoms with Crippen molar-refractivity contribution >= 4 is 6.22 Å². The van der Waals surface area contributed by atoms with Crippen LogP contribution in [0.2, 0.25) is 0 Å². The van der Waals surface area contributed by atoms with Crippen molar-refractivity contribution in [1.82, 2.24) is 0 Å². The smallest absolute Gasteiger partial charge is 0.397 e. The van der Waals surface area contributed by atoms with Crippen molar-refractivity contribution in [2.45, 2.75) is 25.6 Å². The van der Waals surface area contributed by atoms with E-state index in [0.717, 1.165) is 0 Å². The molecule has 0 aromatic heterocycles. The molecular weight excluding hydrogens is 168 g/mol. The van der Waals surface area contributed by atoms with Gasteiger partial charge in [-0.1, -0.05) is 0 Å². The van der Waals surface area contributed by atoms with Gasteiger partial charge in [0.05, 0.1) is 0 Å². The van der Waals surface area contributed by atoms with Crippen molar-refractivity contribution in [3.05, 3.63) is 0 Å². The van der Waals surface area contributed by atoms with Gasteiger partial charge in [0.15, 0.2) is 0 Å². The van der Waals surface area contributed by atoms with Crippen LogP contribution in [0.3, 0.4) is 0 Å². The summed E-state index contributed by atoms with van der Waals surface area (Å²) in [6.07, 6.45) is -2.57. The molecule has 0 rings (SSSR count). The van der Waals surface area contributed by atoms with Crippen LogP contribution in [0.25, 0.3) is 0 Å². The van der Waals surface area contributed by atoms with E-state index in [1.807, 2.05) is 0 Å². The van der Waals surface area contributed by atoms with Gasteiger partial charge in [-0.05, 0) is 0 Å².